The SMILES string of the molecule is NC(CO)c1ccc(C(C(F)(F)F)C(F)(F)F)cc1. The van der Waals surface area contributed by atoms with Crippen LogP contribution in [0.5, 0.6) is 0 Å². The Morgan fingerprint density at radius 1 is 0.895 bits per heavy atom. The van der Waals surface area contributed by atoms with Crippen molar-refractivity contribution in [2.24, 2.45) is 5.73 Å². The van der Waals surface area contributed by atoms with Crippen LogP contribution < -0.4 is 5.73 Å². The van der Waals surface area contributed by atoms with Crippen molar-refractivity contribution in [3.63, 3.8) is 0 Å². The van der Waals surface area contributed by atoms with Crippen LogP contribution in [0.2, 0.25) is 0 Å². The normalized spacial score (nSPS) is 14.8. The predicted molar refractivity (Wildman–Crippen MR) is 55.3 cm³/mol. The Bertz CT molecular complexity index is 397. The molecule has 1 unspecified atom stereocenters. The summed E-state index contributed by atoms with van der Waals surface area (Å²) in [4.78, 5) is 0. The quantitative estimate of drug-likeness (QED) is 0.840. The van der Waals surface area contributed by atoms with Gasteiger partial charge in [0.1, 0.15) is 0 Å². The molecule has 0 bridgehead atoms. The van der Waals surface area contributed by atoms with Crippen LogP contribution in [0, 0.1) is 0 Å². The number of rotatable bonds is 3. The third-order valence-electron chi connectivity index (χ3n) is 2.55. The average molecular weight is 287 g/mol. The minimum atomic E-state index is -5.42. The fraction of sp³-hybridized carbons (Fsp3) is 0.455. The molecule has 0 fully saturated rings. The number of alkyl halides is 6. The Balaban J connectivity index is 3.12. The maximum Gasteiger partial charge on any atom is 0.404 e. The molecule has 0 radical (unpaired) electrons. The Morgan fingerprint density at radius 2 is 1.26 bits per heavy atom. The highest BCUT2D eigenvalue weighted by molar-refractivity contribution is 5.29. The van der Waals surface area contributed by atoms with E-state index in [9.17, 15) is 26.3 Å². The summed E-state index contributed by atoms with van der Waals surface area (Å²) < 4.78 is 74.7. The highest BCUT2D eigenvalue weighted by atomic mass is 19.4. The van der Waals surface area contributed by atoms with E-state index >= 15 is 0 Å². The number of aliphatic hydroxyl groups is 1. The topological polar surface area (TPSA) is 46.2 Å². The molecule has 1 atom stereocenters. The standard InChI is InChI=1S/C11H11F6NO/c12-10(13,14)9(11(15,16)17)7-3-1-6(2-4-7)8(18)5-19/h1-4,8-9,19H,5,18H2. The number of halogens is 6. The highest BCUT2D eigenvalue weighted by Crippen LogP contribution is 2.46. The maximum atomic E-state index is 12.4. The summed E-state index contributed by atoms with van der Waals surface area (Å²) in [5, 5.41) is 8.74. The van der Waals surface area contributed by atoms with Crippen molar-refractivity contribution in [1.82, 2.24) is 0 Å². The van der Waals surface area contributed by atoms with Crippen molar-refractivity contribution < 1.29 is 31.4 Å². The fourth-order valence-corrected chi connectivity index (χ4v) is 1.60. The second-order valence-corrected chi connectivity index (χ2v) is 3.97. The molecule has 3 N–H and O–H groups in total. The van der Waals surface area contributed by atoms with E-state index in [1.165, 1.54) is 0 Å². The van der Waals surface area contributed by atoms with Gasteiger partial charge < -0.3 is 10.8 Å². The zero-order valence-electron chi connectivity index (χ0n) is 9.46. The van der Waals surface area contributed by atoms with Crippen molar-refractivity contribution in [3.8, 4) is 0 Å². The van der Waals surface area contributed by atoms with E-state index in [2.05, 4.69) is 0 Å². The van der Waals surface area contributed by atoms with Crippen LogP contribution in [-0.4, -0.2) is 24.1 Å². The first-order chi connectivity index (χ1) is 8.57. The van der Waals surface area contributed by atoms with E-state index in [4.69, 9.17) is 10.8 Å². The molecule has 19 heavy (non-hydrogen) atoms. The lowest BCUT2D eigenvalue weighted by atomic mass is 9.95. The molecule has 1 rings (SSSR count). The summed E-state index contributed by atoms with van der Waals surface area (Å²) in [5.74, 6) is -3.53. The van der Waals surface area contributed by atoms with Crippen LogP contribution in [0.4, 0.5) is 26.3 Å². The molecule has 0 aliphatic rings. The van der Waals surface area contributed by atoms with Gasteiger partial charge >= 0.3 is 12.4 Å². The highest BCUT2D eigenvalue weighted by Gasteiger charge is 2.57. The summed E-state index contributed by atoms with van der Waals surface area (Å²) in [6, 6.07) is 2.68. The Morgan fingerprint density at radius 3 is 1.58 bits per heavy atom. The first-order valence-electron chi connectivity index (χ1n) is 5.17. The lowest BCUT2D eigenvalue weighted by Gasteiger charge is -2.23. The van der Waals surface area contributed by atoms with E-state index in [-0.39, 0.29) is 5.56 Å². The smallest absolute Gasteiger partial charge is 0.394 e. The first kappa shape index (κ1) is 15.8. The molecular formula is C11H11F6NO. The Hall–Kier alpha value is -1.28. The molecule has 0 aliphatic carbocycles. The van der Waals surface area contributed by atoms with E-state index in [1.54, 1.807) is 0 Å². The monoisotopic (exact) mass is 287 g/mol. The minimum absolute atomic E-state index is 0.259. The van der Waals surface area contributed by atoms with E-state index in [0.717, 1.165) is 24.3 Å². The lowest BCUT2D eigenvalue weighted by Crippen LogP contribution is -2.34. The minimum Gasteiger partial charge on any atom is -0.394 e. The molecule has 0 aliphatic heterocycles. The number of aliphatic hydroxyl groups excluding tert-OH is 1. The van der Waals surface area contributed by atoms with Gasteiger partial charge in [-0.15, -0.1) is 0 Å². The zero-order chi connectivity index (χ0) is 14.8. The van der Waals surface area contributed by atoms with Gasteiger partial charge in [0.25, 0.3) is 0 Å². The number of hydrogen-bond donors (Lipinski definition) is 2. The Kier molecular flexibility index (Phi) is 4.46. The summed E-state index contributed by atoms with van der Waals surface area (Å²) in [7, 11) is 0. The van der Waals surface area contributed by atoms with Crippen molar-refractivity contribution in [2.45, 2.75) is 24.3 Å². The van der Waals surface area contributed by atoms with Gasteiger partial charge in [-0.25, -0.2) is 0 Å². The predicted octanol–water partition coefficient (Wildman–Crippen LogP) is 2.89. The van der Waals surface area contributed by atoms with Crippen LogP contribution in [0.3, 0.4) is 0 Å². The van der Waals surface area contributed by atoms with Crippen LogP contribution in [-0.2, 0) is 0 Å². The van der Waals surface area contributed by atoms with E-state index < -0.39 is 36.5 Å². The molecule has 0 saturated carbocycles. The summed E-state index contributed by atoms with van der Waals surface area (Å²) in [5.41, 5.74) is 4.75. The largest absolute Gasteiger partial charge is 0.404 e. The van der Waals surface area contributed by atoms with Crippen molar-refractivity contribution in [2.75, 3.05) is 6.61 Å². The average Bonchev–Trinajstić information content (AvgIpc) is 2.25. The second kappa shape index (κ2) is 5.38. The van der Waals surface area contributed by atoms with Gasteiger partial charge in [0.05, 0.1) is 12.6 Å². The summed E-state index contributed by atoms with van der Waals surface area (Å²) in [6.45, 7) is -0.457. The van der Waals surface area contributed by atoms with E-state index in [1.807, 2.05) is 0 Å². The van der Waals surface area contributed by atoms with Gasteiger partial charge in [-0.1, -0.05) is 24.3 Å². The molecule has 108 valence electrons. The molecular weight excluding hydrogens is 276 g/mol. The maximum absolute atomic E-state index is 12.4. The molecule has 0 saturated heterocycles. The molecule has 0 aromatic heterocycles. The molecule has 2 nitrogen and oxygen atoms in total. The van der Waals surface area contributed by atoms with Gasteiger partial charge in [0.15, 0.2) is 5.92 Å². The van der Waals surface area contributed by atoms with Gasteiger partial charge in [-0.3, -0.25) is 0 Å². The van der Waals surface area contributed by atoms with Crippen LogP contribution >= 0.6 is 0 Å². The third kappa shape index (κ3) is 3.84. The van der Waals surface area contributed by atoms with Crippen LogP contribution in [0.1, 0.15) is 23.1 Å². The van der Waals surface area contributed by atoms with Gasteiger partial charge in [0, 0.05) is 0 Å². The first-order valence-corrected chi connectivity index (χ1v) is 5.17. The van der Waals surface area contributed by atoms with Crippen molar-refractivity contribution >= 4 is 0 Å². The summed E-state index contributed by atoms with van der Waals surface area (Å²) >= 11 is 0. The lowest BCUT2D eigenvalue weighted by molar-refractivity contribution is -0.253. The molecule has 0 amide bonds. The van der Waals surface area contributed by atoms with Crippen molar-refractivity contribution in [3.05, 3.63) is 35.4 Å². The third-order valence-corrected chi connectivity index (χ3v) is 2.55. The zero-order valence-corrected chi connectivity index (χ0v) is 9.46. The van der Waals surface area contributed by atoms with Gasteiger partial charge in [-0.05, 0) is 11.1 Å². The molecule has 0 heterocycles. The molecule has 8 heteroatoms. The number of hydrogen-bond acceptors (Lipinski definition) is 2. The van der Waals surface area contributed by atoms with E-state index in [0.29, 0.717) is 0 Å². The van der Waals surface area contributed by atoms with Crippen molar-refractivity contribution in [1.29, 1.82) is 0 Å². The van der Waals surface area contributed by atoms with Crippen LogP contribution in [0.25, 0.3) is 0 Å². The van der Waals surface area contributed by atoms with Gasteiger partial charge in [-0.2, -0.15) is 26.3 Å². The van der Waals surface area contributed by atoms with Gasteiger partial charge in [0.2, 0.25) is 0 Å². The molecule has 1 aromatic carbocycles. The number of nitrogens with two attached hydrogens (primary N) is 1. The second-order valence-electron chi connectivity index (χ2n) is 3.97. The van der Waals surface area contributed by atoms with Crippen LogP contribution in [0.15, 0.2) is 24.3 Å². The number of benzene rings is 1. The molecule has 1 aromatic rings. The Labute approximate surface area is 104 Å². The summed E-state index contributed by atoms with van der Waals surface area (Å²) in [6.07, 6.45) is -10.8. The molecule has 0 spiro atoms. The fourth-order valence-electron chi connectivity index (χ4n) is 1.60.